The van der Waals surface area contributed by atoms with Crippen molar-refractivity contribution in [2.75, 3.05) is 31.0 Å². The quantitative estimate of drug-likeness (QED) is 0.578. The van der Waals surface area contributed by atoms with Crippen molar-refractivity contribution >= 4 is 26.6 Å². The van der Waals surface area contributed by atoms with E-state index in [2.05, 4.69) is 11.0 Å². The first-order valence-corrected chi connectivity index (χ1v) is 12.6. The minimum absolute atomic E-state index is 0.0272. The Morgan fingerprint density at radius 1 is 1.18 bits per heavy atom. The fraction of sp³-hybridized carbons (Fsp3) is 0.435. The number of hydrogen-bond donors (Lipinski definition) is 0. The molecule has 10 heteroatoms. The van der Waals surface area contributed by atoms with Crippen molar-refractivity contribution in [1.82, 2.24) is 14.5 Å². The molecule has 2 atom stereocenters. The van der Waals surface area contributed by atoms with Gasteiger partial charge in [-0.2, -0.15) is 10.2 Å². The number of benzene rings is 1. The summed E-state index contributed by atoms with van der Waals surface area (Å²) in [5.74, 6) is 1.23. The highest BCUT2D eigenvalue weighted by Gasteiger charge is 2.44. The second kappa shape index (κ2) is 7.43. The van der Waals surface area contributed by atoms with Crippen LogP contribution in [0.25, 0.3) is 16.9 Å². The van der Waals surface area contributed by atoms with Crippen molar-refractivity contribution in [3.8, 4) is 17.8 Å². The Labute approximate surface area is 192 Å². The van der Waals surface area contributed by atoms with Crippen LogP contribution >= 0.6 is 0 Å². The predicted molar refractivity (Wildman–Crippen MR) is 123 cm³/mol. The van der Waals surface area contributed by atoms with Crippen LogP contribution in [-0.2, 0) is 19.3 Å². The summed E-state index contributed by atoms with van der Waals surface area (Å²) in [4.78, 5) is 11.7. The third kappa shape index (κ3) is 3.26. The van der Waals surface area contributed by atoms with Gasteiger partial charge in [-0.05, 0) is 26.8 Å². The molecule has 0 unspecified atom stereocenters. The molecule has 4 heterocycles. The molecule has 172 valence electrons. The summed E-state index contributed by atoms with van der Waals surface area (Å²) in [6, 6.07) is 9.71. The normalized spacial score (nSPS) is 20.6. The van der Waals surface area contributed by atoms with Gasteiger partial charge in [-0.15, -0.1) is 0 Å². The average molecular weight is 468 g/mol. The summed E-state index contributed by atoms with van der Waals surface area (Å²) < 4.78 is 37.8. The van der Waals surface area contributed by atoms with Gasteiger partial charge >= 0.3 is 0 Å². The van der Waals surface area contributed by atoms with E-state index in [1.807, 2.05) is 31.2 Å². The molecule has 33 heavy (non-hydrogen) atoms. The zero-order valence-electron chi connectivity index (χ0n) is 18.9. The molecule has 2 aliphatic rings. The van der Waals surface area contributed by atoms with Gasteiger partial charge in [0.05, 0.1) is 36.4 Å². The maximum absolute atomic E-state index is 12.8. The van der Waals surface area contributed by atoms with Crippen molar-refractivity contribution in [3.05, 3.63) is 41.7 Å². The summed E-state index contributed by atoms with van der Waals surface area (Å²) >= 11 is 0. The molecule has 1 aromatic carbocycles. The molecular weight excluding hydrogens is 442 g/mol. The van der Waals surface area contributed by atoms with Gasteiger partial charge in [0.15, 0.2) is 21.4 Å². The second-order valence-corrected chi connectivity index (χ2v) is 11.7. The van der Waals surface area contributed by atoms with Gasteiger partial charge < -0.3 is 14.4 Å². The molecule has 3 aromatic rings. The van der Waals surface area contributed by atoms with Gasteiger partial charge in [0.1, 0.15) is 23.1 Å². The molecule has 1 fully saturated rings. The smallest absolute Gasteiger partial charge is 0.236 e. The van der Waals surface area contributed by atoms with E-state index in [1.165, 1.54) is 6.26 Å². The Morgan fingerprint density at radius 3 is 2.67 bits per heavy atom. The fourth-order valence-electron chi connectivity index (χ4n) is 4.45. The molecule has 0 N–H and O–H groups in total. The maximum Gasteiger partial charge on any atom is 0.236 e. The molecule has 0 radical (unpaired) electrons. The summed E-state index contributed by atoms with van der Waals surface area (Å²) in [6.07, 6.45) is 2.89. The number of hydrogen-bond acceptors (Lipinski definition) is 8. The van der Waals surface area contributed by atoms with E-state index in [9.17, 15) is 13.7 Å². The highest BCUT2D eigenvalue weighted by Crippen LogP contribution is 2.44. The largest absolute Gasteiger partial charge is 0.486 e. The highest BCUT2D eigenvalue weighted by molar-refractivity contribution is 7.91. The number of rotatable bonds is 3. The van der Waals surface area contributed by atoms with E-state index in [0.717, 1.165) is 10.9 Å². The predicted octanol–water partition coefficient (Wildman–Crippen LogP) is 2.56. The van der Waals surface area contributed by atoms with Gasteiger partial charge in [-0.1, -0.05) is 18.2 Å². The van der Waals surface area contributed by atoms with Crippen LogP contribution in [0.15, 0.2) is 30.5 Å². The molecule has 0 aliphatic carbocycles. The molecule has 2 aromatic heterocycles. The van der Waals surface area contributed by atoms with Crippen LogP contribution in [0.4, 0.5) is 5.82 Å². The Hall–Kier alpha value is -3.16. The van der Waals surface area contributed by atoms with Crippen molar-refractivity contribution < 1.29 is 17.9 Å². The number of ether oxygens (including phenoxy) is 2. The first-order chi connectivity index (χ1) is 15.6. The lowest BCUT2D eigenvalue weighted by molar-refractivity contribution is 0.0482. The Bertz CT molecular complexity index is 1410. The minimum atomic E-state index is -3.55. The van der Waals surface area contributed by atoms with Gasteiger partial charge in [0.25, 0.3) is 0 Å². The number of nitriles is 1. The molecule has 5 rings (SSSR count). The highest BCUT2D eigenvalue weighted by atomic mass is 32.2. The number of aromatic nitrogens is 3. The first-order valence-electron chi connectivity index (χ1n) is 10.7. The monoisotopic (exact) mass is 467 g/mol. The van der Waals surface area contributed by atoms with Crippen molar-refractivity contribution in [2.24, 2.45) is 0 Å². The minimum Gasteiger partial charge on any atom is -0.486 e. The van der Waals surface area contributed by atoms with Crippen LogP contribution < -0.4 is 9.64 Å². The average Bonchev–Trinajstić information content (AvgIpc) is 3.16. The van der Waals surface area contributed by atoms with Crippen LogP contribution in [0.3, 0.4) is 0 Å². The Morgan fingerprint density at radius 2 is 1.94 bits per heavy atom. The van der Waals surface area contributed by atoms with Crippen LogP contribution in [0.1, 0.15) is 32.0 Å². The molecule has 0 amide bonds. The lowest BCUT2D eigenvalue weighted by Gasteiger charge is -2.45. The molecule has 1 saturated heterocycles. The van der Waals surface area contributed by atoms with Crippen molar-refractivity contribution in [2.45, 2.75) is 37.6 Å². The third-order valence-electron chi connectivity index (χ3n) is 6.58. The standard InChI is InChI=1S/C23H25N5O4S/c1-14-11-31-12-16-13-32-19-20(23(2,3)33(4,29)30)25-22(26-21(19)28(14)16)27-10-15(9-24)17-7-5-6-8-18(17)27/h5-8,10,14,16H,11-13H2,1-4H3/t14-,16+/m1/s1. The summed E-state index contributed by atoms with van der Waals surface area (Å²) in [5, 5.41) is 10.4. The van der Waals surface area contributed by atoms with Crippen LogP contribution in [0, 0.1) is 11.3 Å². The lowest BCUT2D eigenvalue weighted by atomic mass is 10.0. The molecule has 0 spiro atoms. The van der Waals surface area contributed by atoms with Crippen LogP contribution in [0.2, 0.25) is 0 Å². The molecular formula is C23H25N5O4S. The molecule has 9 nitrogen and oxygen atoms in total. The number of para-hydroxylation sites is 1. The summed E-state index contributed by atoms with van der Waals surface area (Å²) in [7, 11) is -3.55. The summed E-state index contributed by atoms with van der Waals surface area (Å²) in [5.41, 5.74) is 1.56. The number of sulfone groups is 1. The second-order valence-electron chi connectivity index (χ2n) is 9.11. The third-order valence-corrected chi connectivity index (χ3v) is 8.63. The summed E-state index contributed by atoms with van der Waals surface area (Å²) in [6.45, 7) is 6.69. The number of fused-ring (bicyclic) bond motifs is 4. The molecule has 0 bridgehead atoms. The number of anilines is 1. The first kappa shape index (κ1) is 21.7. The zero-order chi connectivity index (χ0) is 23.5. The van der Waals surface area contributed by atoms with Crippen molar-refractivity contribution in [1.29, 1.82) is 5.26 Å². The van der Waals surface area contributed by atoms with E-state index in [-0.39, 0.29) is 12.1 Å². The number of morpholine rings is 1. The van der Waals surface area contributed by atoms with Crippen molar-refractivity contribution in [3.63, 3.8) is 0 Å². The zero-order valence-corrected chi connectivity index (χ0v) is 19.8. The van der Waals surface area contributed by atoms with Gasteiger partial charge in [0.2, 0.25) is 5.95 Å². The van der Waals surface area contributed by atoms with E-state index in [0.29, 0.717) is 48.6 Å². The van der Waals surface area contributed by atoms with Gasteiger partial charge in [0, 0.05) is 17.8 Å². The Kier molecular flexibility index (Phi) is 4.88. The van der Waals surface area contributed by atoms with Crippen LogP contribution in [0.5, 0.6) is 5.75 Å². The maximum atomic E-state index is 12.8. The Balaban J connectivity index is 1.83. The fourth-order valence-corrected chi connectivity index (χ4v) is 4.93. The lowest BCUT2D eigenvalue weighted by Crippen LogP contribution is -2.56. The topological polar surface area (TPSA) is 110 Å². The van der Waals surface area contributed by atoms with E-state index < -0.39 is 14.6 Å². The van der Waals surface area contributed by atoms with Gasteiger partial charge in [-0.3, -0.25) is 4.57 Å². The molecule has 2 aliphatic heterocycles. The molecule has 0 saturated carbocycles. The van der Waals surface area contributed by atoms with E-state index >= 15 is 0 Å². The van der Waals surface area contributed by atoms with Gasteiger partial charge in [-0.25, -0.2) is 13.4 Å². The van der Waals surface area contributed by atoms with E-state index in [4.69, 9.17) is 19.4 Å². The number of nitrogens with zero attached hydrogens (tertiary/aromatic N) is 5. The van der Waals surface area contributed by atoms with E-state index in [1.54, 1.807) is 24.6 Å². The van der Waals surface area contributed by atoms with Crippen LogP contribution in [-0.4, -0.2) is 61.1 Å². The SMILES string of the molecule is C[C@@H]1COC[C@H]2COc3c(nc(-n4cc(C#N)c5ccccc54)nc3C(C)(C)S(C)(=O)=O)N21.